The van der Waals surface area contributed by atoms with Crippen LogP contribution in [0.3, 0.4) is 0 Å². The third-order valence-corrected chi connectivity index (χ3v) is 4.64. The minimum absolute atomic E-state index is 0.294. The van der Waals surface area contributed by atoms with Gasteiger partial charge in [-0.05, 0) is 28.1 Å². The number of benzene rings is 1. The summed E-state index contributed by atoms with van der Waals surface area (Å²) >= 11 is 3.29. The molecule has 0 aliphatic carbocycles. The number of hydrogen-bond donors (Lipinski definition) is 2. The number of aryl methyl sites for hydroxylation is 1. The highest BCUT2D eigenvalue weighted by Gasteiger charge is 2.13. The number of fused-ring (bicyclic) bond motifs is 2. The average molecular weight is 390 g/mol. The lowest BCUT2D eigenvalue weighted by atomic mass is 10.3. The van der Waals surface area contributed by atoms with Crippen molar-refractivity contribution in [3.63, 3.8) is 0 Å². The maximum Gasteiger partial charge on any atom is 0.182 e. The van der Waals surface area contributed by atoms with Crippen LogP contribution in [0.5, 0.6) is 0 Å². The van der Waals surface area contributed by atoms with Crippen LogP contribution in [0.25, 0.3) is 22.2 Å². The molecule has 3 heterocycles. The van der Waals surface area contributed by atoms with Crippen LogP contribution in [-0.4, -0.2) is 36.0 Å². The highest BCUT2D eigenvalue weighted by atomic mass is 79.9. The van der Waals surface area contributed by atoms with E-state index in [1.807, 2.05) is 11.6 Å². The Hall–Kier alpha value is -2.55. The summed E-state index contributed by atoms with van der Waals surface area (Å²) in [5.41, 5.74) is 2.91. The summed E-state index contributed by atoms with van der Waals surface area (Å²) in [4.78, 5) is 20.0. The molecule has 3 aromatic heterocycles. The molecule has 0 atom stereocenters. The molecule has 0 bridgehead atoms. The van der Waals surface area contributed by atoms with Crippen molar-refractivity contribution < 1.29 is 4.39 Å². The number of hydrogen-bond acceptors (Lipinski definition) is 5. The molecule has 0 radical (unpaired) electrons. The molecular weight excluding hydrogens is 377 g/mol. The number of aromatic amines is 1. The zero-order chi connectivity index (χ0) is 16.7. The number of nitrogens with zero attached hydrogens (tertiary/aromatic N) is 5. The number of halogens is 2. The molecule has 0 spiro atoms. The van der Waals surface area contributed by atoms with Crippen molar-refractivity contribution in [3.8, 4) is 0 Å². The molecule has 0 saturated carbocycles. The fraction of sp³-hybridized carbons (Fsp3) is 0.200. The third-order valence-electron chi connectivity index (χ3n) is 3.88. The maximum atomic E-state index is 13.7. The lowest BCUT2D eigenvalue weighted by molar-refractivity contribution is 0.622. The van der Waals surface area contributed by atoms with Gasteiger partial charge in [0.25, 0.3) is 0 Å². The molecule has 0 amide bonds. The quantitative estimate of drug-likeness (QED) is 0.560. The Kier molecular flexibility index (Phi) is 3.64. The predicted molar refractivity (Wildman–Crippen MR) is 92.2 cm³/mol. The standard InChI is InChI=1S/C15H13BrFN7/c1-24-10(23-9-3-2-8(17)11(16)13(9)24)4-5-18-14-12-15(20-6-19-12)22-7-21-14/h2-3,6-7H,4-5H2,1H3,(H2,18,19,20,21,22). The Bertz CT molecular complexity index is 1040. The second-order valence-corrected chi connectivity index (χ2v) is 6.11. The van der Waals surface area contributed by atoms with Gasteiger partial charge in [0.15, 0.2) is 11.5 Å². The smallest absolute Gasteiger partial charge is 0.182 e. The van der Waals surface area contributed by atoms with Gasteiger partial charge in [0.1, 0.15) is 23.5 Å². The van der Waals surface area contributed by atoms with Crippen molar-refractivity contribution in [1.82, 2.24) is 29.5 Å². The number of H-pyrrole nitrogens is 1. The van der Waals surface area contributed by atoms with Gasteiger partial charge < -0.3 is 14.9 Å². The minimum atomic E-state index is -0.294. The molecule has 9 heteroatoms. The Balaban J connectivity index is 1.56. The van der Waals surface area contributed by atoms with Gasteiger partial charge in [-0.25, -0.2) is 24.3 Å². The van der Waals surface area contributed by atoms with Crippen LogP contribution in [-0.2, 0) is 13.5 Å². The monoisotopic (exact) mass is 389 g/mol. The number of rotatable bonds is 4. The van der Waals surface area contributed by atoms with Gasteiger partial charge in [-0.2, -0.15) is 0 Å². The normalized spacial score (nSPS) is 11.5. The molecule has 0 aliphatic heterocycles. The Morgan fingerprint density at radius 3 is 3.04 bits per heavy atom. The van der Waals surface area contributed by atoms with Gasteiger partial charge in [0.05, 0.1) is 21.8 Å². The van der Waals surface area contributed by atoms with Crippen LogP contribution in [0.2, 0.25) is 0 Å². The molecule has 0 aliphatic rings. The van der Waals surface area contributed by atoms with Crippen molar-refractivity contribution in [2.45, 2.75) is 6.42 Å². The lowest BCUT2D eigenvalue weighted by Gasteiger charge is -2.06. The van der Waals surface area contributed by atoms with Crippen LogP contribution in [0.15, 0.2) is 29.3 Å². The number of nitrogens with one attached hydrogen (secondary N) is 2. The maximum absolute atomic E-state index is 13.7. The number of aromatic nitrogens is 6. The highest BCUT2D eigenvalue weighted by molar-refractivity contribution is 9.10. The summed E-state index contributed by atoms with van der Waals surface area (Å²) in [6.07, 6.45) is 3.72. The molecule has 122 valence electrons. The van der Waals surface area contributed by atoms with E-state index >= 15 is 0 Å². The van der Waals surface area contributed by atoms with Crippen molar-refractivity contribution in [1.29, 1.82) is 0 Å². The molecule has 2 N–H and O–H groups in total. The van der Waals surface area contributed by atoms with Crippen LogP contribution in [0.1, 0.15) is 5.82 Å². The SMILES string of the molecule is Cn1c(CCNc2ncnc3nc[nH]c23)nc2ccc(F)c(Br)c21. The second-order valence-electron chi connectivity index (χ2n) is 5.32. The topological polar surface area (TPSA) is 84.3 Å². The molecule has 0 fully saturated rings. The van der Waals surface area contributed by atoms with Gasteiger partial charge in [-0.3, -0.25) is 0 Å². The minimum Gasteiger partial charge on any atom is -0.368 e. The highest BCUT2D eigenvalue weighted by Crippen LogP contribution is 2.27. The number of imidazole rings is 2. The van der Waals surface area contributed by atoms with E-state index in [-0.39, 0.29) is 5.82 Å². The first-order chi connectivity index (χ1) is 11.6. The average Bonchev–Trinajstić information content (AvgIpc) is 3.17. The van der Waals surface area contributed by atoms with E-state index in [1.54, 1.807) is 12.4 Å². The zero-order valence-corrected chi connectivity index (χ0v) is 14.3. The molecule has 1 aromatic carbocycles. The van der Waals surface area contributed by atoms with E-state index in [4.69, 9.17) is 0 Å². The van der Waals surface area contributed by atoms with E-state index in [1.165, 1.54) is 12.4 Å². The van der Waals surface area contributed by atoms with E-state index in [9.17, 15) is 4.39 Å². The lowest BCUT2D eigenvalue weighted by Crippen LogP contribution is -2.10. The second kappa shape index (κ2) is 5.82. The summed E-state index contributed by atoms with van der Waals surface area (Å²) < 4.78 is 16.0. The Morgan fingerprint density at radius 1 is 1.29 bits per heavy atom. The van der Waals surface area contributed by atoms with E-state index in [2.05, 4.69) is 46.2 Å². The van der Waals surface area contributed by atoms with Crippen molar-refractivity contribution in [3.05, 3.63) is 40.9 Å². The van der Waals surface area contributed by atoms with Gasteiger partial charge >= 0.3 is 0 Å². The Labute approximate surface area is 144 Å². The molecule has 4 aromatic rings. The van der Waals surface area contributed by atoms with Crippen LogP contribution in [0, 0.1) is 5.82 Å². The first kappa shape index (κ1) is 15.0. The van der Waals surface area contributed by atoms with Crippen molar-refractivity contribution in [2.24, 2.45) is 7.05 Å². The van der Waals surface area contributed by atoms with E-state index in [0.29, 0.717) is 28.9 Å². The third kappa shape index (κ3) is 2.41. The molecule has 4 rings (SSSR count). The molecule has 0 unspecified atom stereocenters. The van der Waals surface area contributed by atoms with Gasteiger partial charge in [-0.15, -0.1) is 0 Å². The molecule has 24 heavy (non-hydrogen) atoms. The van der Waals surface area contributed by atoms with Crippen molar-refractivity contribution in [2.75, 3.05) is 11.9 Å². The van der Waals surface area contributed by atoms with Gasteiger partial charge in [0, 0.05) is 20.0 Å². The van der Waals surface area contributed by atoms with Crippen LogP contribution < -0.4 is 5.32 Å². The predicted octanol–water partition coefficient (Wildman–Crippen LogP) is 2.80. The zero-order valence-electron chi connectivity index (χ0n) is 12.7. The molecule has 7 nitrogen and oxygen atoms in total. The van der Waals surface area contributed by atoms with E-state index in [0.717, 1.165) is 22.4 Å². The molecule has 0 saturated heterocycles. The summed E-state index contributed by atoms with van der Waals surface area (Å²) in [5.74, 6) is 1.26. The van der Waals surface area contributed by atoms with Crippen LogP contribution in [0.4, 0.5) is 10.2 Å². The number of anilines is 1. The van der Waals surface area contributed by atoms with Crippen LogP contribution >= 0.6 is 15.9 Å². The summed E-state index contributed by atoms with van der Waals surface area (Å²) in [5, 5.41) is 3.26. The largest absolute Gasteiger partial charge is 0.368 e. The first-order valence-electron chi connectivity index (χ1n) is 7.32. The van der Waals surface area contributed by atoms with Gasteiger partial charge in [-0.1, -0.05) is 0 Å². The molecular formula is C15H13BrFN7. The van der Waals surface area contributed by atoms with E-state index < -0.39 is 0 Å². The fourth-order valence-corrected chi connectivity index (χ4v) is 3.30. The summed E-state index contributed by atoms with van der Waals surface area (Å²) in [6.45, 7) is 0.627. The van der Waals surface area contributed by atoms with Crippen molar-refractivity contribution >= 4 is 43.9 Å². The fourth-order valence-electron chi connectivity index (χ4n) is 2.70. The first-order valence-corrected chi connectivity index (χ1v) is 8.11. The Morgan fingerprint density at radius 2 is 2.17 bits per heavy atom. The summed E-state index contributed by atoms with van der Waals surface area (Å²) in [7, 11) is 1.88. The van der Waals surface area contributed by atoms with Gasteiger partial charge in [0.2, 0.25) is 0 Å². The summed E-state index contributed by atoms with van der Waals surface area (Å²) in [6, 6.07) is 3.10.